The molecule has 3 N–H and O–H groups in total. The summed E-state index contributed by atoms with van der Waals surface area (Å²) >= 11 is 0. The third-order valence-corrected chi connectivity index (χ3v) is 1.44. The molecular weight excluding hydrogens is 186 g/mol. The Kier molecular flexibility index (Phi) is 3.01. The molecule has 74 valence electrons. The van der Waals surface area contributed by atoms with E-state index >= 15 is 0 Å². The van der Waals surface area contributed by atoms with E-state index in [4.69, 9.17) is 5.73 Å². The molecule has 0 aliphatic rings. The third-order valence-electron chi connectivity index (χ3n) is 1.44. The fraction of sp³-hybridized carbons (Fsp3) is 0.125. The summed E-state index contributed by atoms with van der Waals surface area (Å²) in [5.41, 5.74) is 6.40. The van der Waals surface area contributed by atoms with E-state index in [-0.39, 0.29) is 0 Å². The number of hydrogen-bond donors (Lipinski definition) is 2. The van der Waals surface area contributed by atoms with Gasteiger partial charge in [0.1, 0.15) is 0 Å². The number of nitrogens with two attached hydrogens (primary N) is 1. The van der Waals surface area contributed by atoms with Crippen LogP contribution in [0.1, 0.15) is 0 Å². The highest BCUT2D eigenvalue weighted by Gasteiger charge is 2.08. The van der Waals surface area contributed by atoms with E-state index in [1.165, 1.54) is 6.07 Å². The Hall–Kier alpha value is -2.11. The predicted molar refractivity (Wildman–Crippen MR) is 51.3 cm³/mol. The normalized spacial score (nSPS) is 9.43. The maximum absolute atomic E-state index is 10.9. The van der Waals surface area contributed by atoms with Crippen LogP contribution >= 0.6 is 0 Å². The summed E-state index contributed by atoms with van der Waals surface area (Å²) in [5, 5.41) is 12.3. The van der Waals surface area contributed by atoms with Crippen LogP contribution in [0.5, 0.6) is 0 Å². The lowest BCUT2D eigenvalue weighted by Crippen LogP contribution is -2.21. The molecule has 0 heterocycles. The molecule has 0 aromatic heterocycles. The first kappa shape index (κ1) is 9.97. The van der Waals surface area contributed by atoms with Crippen molar-refractivity contribution in [2.75, 3.05) is 17.6 Å². The minimum atomic E-state index is -0.741. The first-order chi connectivity index (χ1) is 6.58. The molecule has 0 aliphatic heterocycles. The van der Waals surface area contributed by atoms with Gasteiger partial charge < -0.3 is 11.1 Å². The highest BCUT2D eigenvalue weighted by atomic mass is 16.6. The smallest absolute Gasteiger partial charge is 0.296 e. The molecule has 0 unspecified atom stereocenters. The molecule has 0 radical (unpaired) electrons. The molecule has 6 nitrogen and oxygen atoms in total. The highest BCUT2D eigenvalue weighted by molar-refractivity contribution is 5.91. The summed E-state index contributed by atoms with van der Waals surface area (Å²) in [6.45, 7) is -0.741. The van der Waals surface area contributed by atoms with Crippen molar-refractivity contribution in [3.05, 3.63) is 34.4 Å². The average Bonchev–Trinajstić information content (AvgIpc) is 2.01. The second-order valence-corrected chi connectivity index (χ2v) is 2.66. The summed E-state index contributed by atoms with van der Waals surface area (Å²) in [4.78, 5) is 20.2. The topological polar surface area (TPSA) is 98.3 Å². The van der Waals surface area contributed by atoms with Gasteiger partial charge in [0.2, 0.25) is 0 Å². The Morgan fingerprint density at radius 3 is 2.86 bits per heavy atom. The minimum absolute atomic E-state index is 0.455. The zero-order chi connectivity index (χ0) is 10.6. The minimum Gasteiger partial charge on any atom is -0.399 e. The van der Waals surface area contributed by atoms with Crippen LogP contribution in [0.3, 0.4) is 0 Å². The van der Waals surface area contributed by atoms with Crippen LogP contribution < -0.4 is 11.1 Å². The van der Waals surface area contributed by atoms with Crippen molar-refractivity contribution in [3.8, 4) is 0 Å². The summed E-state index contributed by atoms with van der Waals surface area (Å²) in [7, 11) is 0. The highest BCUT2D eigenvalue weighted by Crippen LogP contribution is 2.11. The predicted octanol–water partition coefficient (Wildman–Crippen LogP) is 0.484. The number of rotatable bonds is 3. The first-order valence-electron chi connectivity index (χ1n) is 3.85. The second-order valence-electron chi connectivity index (χ2n) is 2.66. The number of nitrogen functional groups attached to an aromatic ring is 1. The lowest BCUT2D eigenvalue weighted by atomic mass is 10.3. The standard InChI is InChI=1S/C8H9N3O3/c9-6-2-1-3-7(4-6)10-8(12)5-11(13)14/h1-4H,5,9H2,(H,10,12). The maximum atomic E-state index is 10.9. The Morgan fingerprint density at radius 1 is 1.57 bits per heavy atom. The van der Waals surface area contributed by atoms with Crippen LogP contribution in [-0.4, -0.2) is 17.4 Å². The second kappa shape index (κ2) is 4.22. The molecule has 0 spiro atoms. The number of nitro groups is 1. The van der Waals surface area contributed by atoms with E-state index < -0.39 is 17.4 Å². The van der Waals surface area contributed by atoms with E-state index in [0.29, 0.717) is 11.4 Å². The molecule has 14 heavy (non-hydrogen) atoms. The van der Waals surface area contributed by atoms with Gasteiger partial charge in [-0.15, -0.1) is 0 Å². The molecule has 1 aromatic carbocycles. The van der Waals surface area contributed by atoms with Gasteiger partial charge in [0.15, 0.2) is 0 Å². The number of nitrogens with one attached hydrogen (secondary N) is 1. The van der Waals surface area contributed by atoms with Gasteiger partial charge in [-0.3, -0.25) is 14.9 Å². The van der Waals surface area contributed by atoms with Gasteiger partial charge in [0.25, 0.3) is 12.5 Å². The fourth-order valence-corrected chi connectivity index (χ4v) is 0.934. The molecule has 0 saturated heterocycles. The quantitative estimate of drug-likeness (QED) is 0.416. The summed E-state index contributed by atoms with van der Waals surface area (Å²) in [6, 6.07) is 6.44. The van der Waals surface area contributed by atoms with Crippen molar-refractivity contribution in [3.63, 3.8) is 0 Å². The van der Waals surface area contributed by atoms with Gasteiger partial charge in [0.05, 0.1) is 0 Å². The molecule has 0 bridgehead atoms. The summed E-state index contributed by atoms with van der Waals surface area (Å²) < 4.78 is 0. The van der Waals surface area contributed by atoms with E-state index in [9.17, 15) is 14.9 Å². The molecular formula is C8H9N3O3. The Labute approximate surface area is 79.9 Å². The molecule has 0 atom stereocenters. The molecule has 6 heteroatoms. The van der Waals surface area contributed by atoms with Crippen LogP contribution in [0.2, 0.25) is 0 Å². The van der Waals surface area contributed by atoms with Crippen molar-refractivity contribution in [2.45, 2.75) is 0 Å². The van der Waals surface area contributed by atoms with Crippen LogP contribution in [0, 0.1) is 10.1 Å². The monoisotopic (exact) mass is 195 g/mol. The van der Waals surface area contributed by atoms with E-state index in [1.54, 1.807) is 18.2 Å². The van der Waals surface area contributed by atoms with Crippen LogP contribution in [0.25, 0.3) is 0 Å². The lowest BCUT2D eigenvalue weighted by molar-refractivity contribution is -0.467. The average molecular weight is 195 g/mol. The van der Waals surface area contributed by atoms with Crippen LogP contribution in [0.15, 0.2) is 24.3 Å². The number of hydrogen-bond acceptors (Lipinski definition) is 4. The van der Waals surface area contributed by atoms with Crippen molar-refractivity contribution in [1.82, 2.24) is 0 Å². The Morgan fingerprint density at radius 2 is 2.29 bits per heavy atom. The number of anilines is 2. The van der Waals surface area contributed by atoms with Crippen molar-refractivity contribution in [2.24, 2.45) is 0 Å². The van der Waals surface area contributed by atoms with E-state index in [0.717, 1.165) is 0 Å². The van der Waals surface area contributed by atoms with Gasteiger partial charge in [-0.05, 0) is 18.2 Å². The van der Waals surface area contributed by atoms with Gasteiger partial charge in [0, 0.05) is 16.3 Å². The number of amides is 1. The maximum Gasteiger partial charge on any atom is 0.296 e. The first-order valence-corrected chi connectivity index (χ1v) is 3.85. The van der Waals surface area contributed by atoms with E-state index in [1.807, 2.05) is 0 Å². The van der Waals surface area contributed by atoms with Crippen molar-refractivity contribution >= 4 is 17.3 Å². The number of carbonyl (C=O) groups excluding carboxylic acids is 1. The van der Waals surface area contributed by atoms with Crippen molar-refractivity contribution in [1.29, 1.82) is 0 Å². The summed E-state index contributed by atoms with van der Waals surface area (Å²) in [5.74, 6) is -0.666. The van der Waals surface area contributed by atoms with Gasteiger partial charge in [-0.25, -0.2) is 0 Å². The molecule has 1 amide bonds. The number of benzene rings is 1. The van der Waals surface area contributed by atoms with Crippen LogP contribution in [0.4, 0.5) is 11.4 Å². The third kappa shape index (κ3) is 3.10. The zero-order valence-electron chi connectivity index (χ0n) is 7.27. The molecule has 1 rings (SSSR count). The molecule has 0 fully saturated rings. The van der Waals surface area contributed by atoms with Gasteiger partial charge >= 0.3 is 0 Å². The van der Waals surface area contributed by atoms with E-state index in [2.05, 4.69) is 5.32 Å². The molecule has 0 aliphatic carbocycles. The number of carbonyl (C=O) groups is 1. The van der Waals surface area contributed by atoms with Gasteiger partial charge in [-0.1, -0.05) is 6.07 Å². The van der Waals surface area contributed by atoms with Gasteiger partial charge in [-0.2, -0.15) is 0 Å². The summed E-state index contributed by atoms with van der Waals surface area (Å²) in [6.07, 6.45) is 0. The molecule has 0 saturated carbocycles. The Balaban J connectivity index is 2.60. The van der Waals surface area contributed by atoms with Crippen LogP contribution in [-0.2, 0) is 4.79 Å². The molecule has 1 aromatic rings. The fourth-order valence-electron chi connectivity index (χ4n) is 0.934. The Bertz CT molecular complexity index is 365. The van der Waals surface area contributed by atoms with Crippen molar-refractivity contribution < 1.29 is 9.72 Å². The number of nitrogens with zero attached hydrogens (tertiary/aromatic N) is 1. The lowest BCUT2D eigenvalue weighted by Gasteiger charge is -2.02. The SMILES string of the molecule is Nc1cccc(NC(=O)C[N+](=O)[O-])c1. The largest absolute Gasteiger partial charge is 0.399 e. The zero-order valence-corrected chi connectivity index (χ0v) is 7.27.